The molecule has 3 rings (SSSR count). The molecule has 1 aromatic heterocycles. The zero-order valence-electron chi connectivity index (χ0n) is 14.3. The van der Waals surface area contributed by atoms with E-state index in [0.717, 1.165) is 11.3 Å². The number of para-hydroxylation sites is 1. The molecular weight excluding hydrogens is 352 g/mol. The van der Waals surface area contributed by atoms with Crippen LogP contribution in [0, 0.1) is 6.92 Å². The van der Waals surface area contributed by atoms with Gasteiger partial charge in [-0.15, -0.1) is 0 Å². The summed E-state index contributed by atoms with van der Waals surface area (Å²) in [6.45, 7) is 1.96. The molecule has 0 aliphatic carbocycles. The molecule has 0 spiro atoms. The standard InChI is InChI=1S/C19H17ClN4O2/c1-12-9-13(20)7-8-15(12)23-17-10-18(22-11-21-17)24-16-6-4-3-5-14(16)19(25)26-2/h3-11H,1-2H3,(H2,21,22,23,24). The third-order valence-corrected chi connectivity index (χ3v) is 3.95. The maximum absolute atomic E-state index is 11.9. The Morgan fingerprint density at radius 1 is 1.00 bits per heavy atom. The SMILES string of the molecule is COC(=O)c1ccccc1Nc1cc(Nc2ccc(Cl)cc2C)ncn1. The number of methoxy groups -OCH3 is 1. The molecule has 0 atom stereocenters. The van der Waals surface area contributed by atoms with E-state index in [4.69, 9.17) is 16.3 Å². The number of nitrogens with one attached hydrogen (secondary N) is 2. The second kappa shape index (κ2) is 7.84. The van der Waals surface area contributed by atoms with Gasteiger partial charge in [0, 0.05) is 16.8 Å². The first-order chi connectivity index (χ1) is 12.6. The molecule has 1 heterocycles. The van der Waals surface area contributed by atoms with Gasteiger partial charge in [0.15, 0.2) is 0 Å². The van der Waals surface area contributed by atoms with Gasteiger partial charge in [-0.25, -0.2) is 14.8 Å². The number of benzene rings is 2. The molecule has 0 saturated heterocycles. The van der Waals surface area contributed by atoms with Gasteiger partial charge in [-0.2, -0.15) is 0 Å². The lowest BCUT2D eigenvalue weighted by Crippen LogP contribution is -2.06. The van der Waals surface area contributed by atoms with Crippen LogP contribution >= 0.6 is 11.6 Å². The molecule has 0 saturated carbocycles. The lowest BCUT2D eigenvalue weighted by Gasteiger charge is -2.12. The summed E-state index contributed by atoms with van der Waals surface area (Å²) in [5.74, 6) is 0.742. The van der Waals surface area contributed by atoms with Crippen molar-refractivity contribution in [3.05, 3.63) is 71.0 Å². The van der Waals surface area contributed by atoms with Crippen LogP contribution < -0.4 is 10.6 Å². The molecule has 0 bridgehead atoms. The first-order valence-electron chi connectivity index (χ1n) is 7.86. The molecule has 2 N–H and O–H groups in total. The molecule has 0 radical (unpaired) electrons. The van der Waals surface area contributed by atoms with Gasteiger partial charge in [-0.1, -0.05) is 23.7 Å². The van der Waals surface area contributed by atoms with Crippen LogP contribution in [-0.2, 0) is 4.74 Å². The van der Waals surface area contributed by atoms with Crippen LogP contribution in [0.25, 0.3) is 0 Å². The highest BCUT2D eigenvalue weighted by atomic mass is 35.5. The largest absolute Gasteiger partial charge is 0.465 e. The van der Waals surface area contributed by atoms with Crippen LogP contribution in [0.5, 0.6) is 0 Å². The first-order valence-corrected chi connectivity index (χ1v) is 8.24. The van der Waals surface area contributed by atoms with E-state index in [9.17, 15) is 4.79 Å². The Morgan fingerprint density at radius 3 is 2.38 bits per heavy atom. The van der Waals surface area contributed by atoms with Crippen molar-refractivity contribution in [2.24, 2.45) is 0 Å². The second-order valence-electron chi connectivity index (χ2n) is 5.53. The van der Waals surface area contributed by atoms with Gasteiger partial charge in [0.25, 0.3) is 0 Å². The van der Waals surface area contributed by atoms with Crippen molar-refractivity contribution in [3.8, 4) is 0 Å². The van der Waals surface area contributed by atoms with Crippen molar-refractivity contribution in [2.45, 2.75) is 6.92 Å². The highest BCUT2D eigenvalue weighted by molar-refractivity contribution is 6.30. The van der Waals surface area contributed by atoms with E-state index >= 15 is 0 Å². The predicted octanol–water partition coefficient (Wildman–Crippen LogP) is 4.71. The van der Waals surface area contributed by atoms with Crippen molar-refractivity contribution in [1.29, 1.82) is 0 Å². The molecule has 26 heavy (non-hydrogen) atoms. The molecular formula is C19H17ClN4O2. The molecule has 0 aliphatic rings. The van der Waals surface area contributed by atoms with Crippen molar-refractivity contribution >= 4 is 40.6 Å². The van der Waals surface area contributed by atoms with E-state index in [1.807, 2.05) is 31.2 Å². The van der Waals surface area contributed by atoms with E-state index in [1.165, 1.54) is 13.4 Å². The van der Waals surface area contributed by atoms with Gasteiger partial charge in [0.05, 0.1) is 18.4 Å². The summed E-state index contributed by atoms with van der Waals surface area (Å²) < 4.78 is 4.81. The average molecular weight is 369 g/mol. The Hall–Kier alpha value is -3.12. The number of aromatic nitrogens is 2. The van der Waals surface area contributed by atoms with E-state index in [1.54, 1.807) is 24.3 Å². The Labute approximate surface area is 156 Å². The monoisotopic (exact) mass is 368 g/mol. The number of carbonyl (C=O) groups is 1. The van der Waals surface area contributed by atoms with Gasteiger partial charge in [0.1, 0.15) is 18.0 Å². The quantitative estimate of drug-likeness (QED) is 0.635. The van der Waals surface area contributed by atoms with Crippen LogP contribution in [0.4, 0.5) is 23.0 Å². The third kappa shape index (κ3) is 4.10. The fourth-order valence-corrected chi connectivity index (χ4v) is 2.64. The Bertz CT molecular complexity index is 946. The summed E-state index contributed by atoms with van der Waals surface area (Å²) in [6, 6.07) is 14.4. The number of rotatable bonds is 5. The van der Waals surface area contributed by atoms with Crippen molar-refractivity contribution in [1.82, 2.24) is 9.97 Å². The lowest BCUT2D eigenvalue weighted by atomic mass is 10.2. The van der Waals surface area contributed by atoms with Crippen LogP contribution in [0.2, 0.25) is 5.02 Å². The van der Waals surface area contributed by atoms with Gasteiger partial charge in [-0.05, 0) is 42.8 Å². The molecule has 0 amide bonds. The van der Waals surface area contributed by atoms with Crippen LogP contribution in [-0.4, -0.2) is 23.0 Å². The normalized spacial score (nSPS) is 10.3. The molecule has 2 aromatic carbocycles. The molecule has 0 aliphatic heterocycles. The number of anilines is 4. The minimum atomic E-state index is -0.419. The van der Waals surface area contributed by atoms with Crippen LogP contribution in [0.3, 0.4) is 0 Å². The Morgan fingerprint density at radius 2 is 1.69 bits per heavy atom. The molecule has 132 valence electrons. The lowest BCUT2D eigenvalue weighted by molar-refractivity contribution is 0.0602. The number of esters is 1. The Balaban J connectivity index is 1.83. The fourth-order valence-electron chi connectivity index (χ4n) is 2.42. The van der Waals surface area contributed by atoms with Crippen molar-refractivity contribution in [2.75, 3.05) is 17.7 Å². The smallest absolute Gasteiger partial charge is 0.339 e. The van der Waals surface area contributed by atoms with Crippen molar-refractivity contribution < 1.29 is 9.53 Å². The van der Waals surface area contributed by atoms with E-state index in [2.05, 4.69) is 20.6 Å². The first kappa shape index (κ1) is 17.7. The summed E-state index contributed by atoms with van der Waals surface area (Å²) in [5, 5.41) is 7.04. The van der Waals surface area contributed by atoms with E-state index < -0.39 is 5.97 Å². The van der Waals surface area contributed by atoms with Crippen LogP contribution in [0.15, 0.2) is 54.9 Å². The van der Waals surface area contributed by atoms with E-state index in [0.29, 0.717) is 27.9 Å². The maximum Gasteiger partial charge on any atom is 0.339 e. The number of halogens is 1. The number of hydrogen-bond acceptors (Lipinski definition) is 6. The number of nitrogens with zero attached hydrogens (tertiary/aromatic N) is 2. The zero-order valence-corrected chi connectivity index (χ0v) is 15.0. The highest BCUT2D eigenvalue weighted by Gasteiger charge is 2.12. The number of carbonyl (C=O) groups excluding carboxylic acids is 1. The maximum atomic E-state index is 11.9. The molecule has 0 unspecified atom stereocenters. The highest BCUT2D eigenvalue weighted by Crippen LogP contribution is 2.25. The zero-order chi connectivity index (χ0) is 18.5. The minimum absolute atomic E-state index is 0.419. The topological polar surface area (TPSA) is 76.1 Å². The predicted molar refractivity (Wildman–Crippen MR) is 103 cm³/mol. The molecule has 3 aromatic rings. The molecule has 7 heteroatoms. The third-order valence-electron chi connectivity index (χ3n) is 3.71. The van der Waals surface area contributed by atoms with Gasteiger partial charge >= 0.3 is 5.97 Å². The Kier molecular flexibility index (Phi) is 5.34. The van der Waals surface area contributed by atoms with Gasteiger partial charge in [-0.3, -0.25) is 0 Å². The number of ether oxygens (including phenoxy) is 1. The second-order valence-corrected chi connectivity index (χ2v) is 5.97. The van der Waals surface area contributed by atoms with Gasteiger partial charge in [0.2, 0.25) is 0 Å². The average Bonchev–Trinajstić information content (AvgIpc) is 2.64. The summed E-state index contributed by atoms with van der Waals surface area (Å²) in [6.07, 6.45) is 1.44. The summed E-state index contributed by atoms with van der Waals surface area (Å²) in [5.41, 5.74) is 2.93. The number of hydrogen-bond donors (Lipinski definition) is 2. The summed E-state index contributed by atoms with van der Waals surface area (Å²) >= 11 is 5.99. The fraction of sp³-hybridized carbons (Fsp3) is 0.105. The molecule has 6 nitrogen and oxygen atoms in total. The van der Waals surface area contributed by atoms with Gasteiger partial charge < -0.3 is 15.4 Å². The summed E-state index contributed by atoms with van der Waals surface area (Å²) in [7, 11) is 1.35. The summed E-state index contributed by atoms with van der Waals surface area (Å²) in [4.78, 5) is 20.3. The van der Waals surface area contributed by atoms with E-state index in [-0.39, 0.29) is 0 Å². The van der Waals surface area contributed by atoms with Crippen molar-refractivity contribution in [3.63, 3.8) is 0 Å². The molecule has 0 fully saturated rings. The van der Waals surface area contributed by atoms with Crippen LogP contribution in [0.1, 0.15) is 15.9 Å². The number of aryl methyl sites for hydroxylation is 1. The minimum Gasteiger partial charge on any atom is -0.465 e.